The highest BCUT2D eigenvalue weighted by Gasteiger charge is 2.21. The van der Waals surface area contributed by atoms with Gasteiger partial charge in [0.05, 0.1) is 0 Å². The molecule has 28 heavy (non-hydrogen) atoms. The number of hydrogen-bond acceptors (Lipinski definition) is 3. The molecule has 0 aromatic heterocycles. The fourth-order valence-corrected chi connectivity index (χ4v) is 3.17. The summed E-state index contributed by atoms with van der Waals surface area (Å²) < 4.78 is 0. The van der Waals surface area contributed by atoms with E-state index in [9.17, 15) is 9.59 Å². The second-order valence-electron chi connectivity index (χ2n) is 6.82. The summed E-state index contributed by atoms with van der Waals surface area (Å²) in [4.78, 5) is 27.7. The van der Waals surface area contributed by atoms with Crippen LogP contribution in [0.3, 0.4) is 0 Å². The van der Waals surface area contributed by atoms with Crippen molar-refractivity contribution in [3.05, 3.63) is 77.4 Å². The second kappa shape index (κ2) is 9.71. The molecule has 0 unspecified atom stereocenters. The highest BCUT2D eigenvalue weighted by atomic mass is 16.2. The van der Waals surface area contributed by atoms with Gasteiger partial charge in [-0.15, -0.1) is 0 Å². The van der Waals surface area contributed by atoms with Gasteiger partial charge >= 0.3 is 6.03 Å². The minimum Gasteiger partial charge on any atom is -0.352 e. The molecule has 3 rings (SSSR count). The molecule has 0 radical (unpaired) electrons. The number of nitrogens with one attached hydrogen (secondary N) is 1. The van der Waals surface area contributed by atoms with Crippen molar-refractivity contribution in [2.45, 2.75) is 6.54 Å². The Labute approximate surface area is 165 Å². The number of urea groups is 1. The van der Waals surface area contributed by atoms with Crippen molar-refractivity contribution in [1.82, 2.24) is 15.1 Å². The summed E-state index contributed by atoms with van der Waals surface area (Å²) in [5, 5.41) is 2.54. The van der Waals surface area contributed by atoms with Crippen LogP contribution in [0.25, 0.3) is 6.08 Å². The summed E-state index contributed by atoms with van der Waals surface area (Å²) >= 11 is 0. The van der Waals surface area contributed by atoms with Gasteiger partial charge in [0.1, 0.15) is 0 Å². The standard InChI is InChI=1S/C22H26N4O2/c23-22(28)24-17-19-8-10-20(11-9-19)21(27)26-15-13-25(14-16-26)12-4-7-18-5-2-1-3-6-18/h1-11H,12-17H2,(H3,23,24,28)/b7-4+. The van der Waals surface area contributed by atoms with Gasteiger partial charge in [0.25, 0.3) is 5.91 Å². The number of piperazine rings is 1. The molecule has 0 saturated carbocycles. The molecule has 3 N–H and O–H groups in total. The average molecular weight is 378 g/mol. The van der Waals surface area contributed by atoms with E-state index in [2.05, 4.69) is 34.5 Å². The van der Waals surface area contributed by atoms with E-state index in [4.69, 9.17) is 5.73 Å². The van der Waals surface area contributed by atoms with Crippen LogP contribution in [0.2, 0.25) is 0 Å². The summed E-state index contributed by atoms with van der Waals surface area (Å²) in [6.07, 6.45) is 4.30. The van der Waals surface area contributed by atoms with Gasteiger partial charge in [-0.25, -0.2) is 4.79 Å². The number of rotatable bonds is 6. The maximum atomic E-state index is 12.7. The molecule has 1 aliphatic rings. The molecule has 0 aliphatic carbocycles. The normalized spacial score (nSPS) is 14.9. The zero-order valence-corrected chi connectivity index (χ0v) is 15.9. The van der Waals surface area contributed by atoms with E-state index in [1.54, 1.807) is 12.1 Å². The van der Waals surface area contributed by atoms with Crippen LogP contribution in [0, 0.1) is 0 Å². The van der Waals surface area contributed by atoms with E-state index in [0.29, 0.717) is 12.1 Å². The lowest BCUT2D eigenvalue weighted by atomic mass is 10.1. The minimum absolute atomic E-state index is 0.0499. The molecule has 3 amide bonds. The third-order valence-electron chi connectivity index (χ3n) is 4.80. The van der Waals surface area contributed by atoms with Gasteiger partial charge in [-0.2, -0.15) is 0 Å². The van der Waals surface area contributed by atoms with Gasteiger partial charge < -0.3 is 16.0 Å². The largest absolute Gasteiger partial charge is 0.352 e. The molecule has 0 bridgehead atoms. The maximum Gasteiger partial charge on any atom is 0.312 e. The summed E-state index contributed by atoms with van der Waals surface area (Å²) in [6, 6.07) is 17.0. The summed E-state index contributed by atoms with van der Waals surface area (Å²) in [7, 11) is 0. The van der Waals surface area contributed by atoms with E-state index in [0.717, 1.165) is 38.3 Å². The summed E-state index contributed by atoms with van der Waals surface area (Å²) in [6.45, 7) is 4.43. The van der Waals surface area contributed by atoms with Crippen LogP contribution in [-0.4, -0.2) is 54.5 Å². The van der Waals surface area contributed by atoms with Crippen molar-refractivity contribution in [3.63, 3.8) is 0 Å². The van der Waals surface area contributed by atoms with E-state index >= 15 is 0 Å². The van der Waals surface area contributed by atoms with Crippen molar-refractivity contribution in [2.24, 2.45) is 5.73 Å². The number of benzene rings is 2. The van der Waals surface area contributed by atoms with Crippen LogP contribution in [0.4, 0.5) is 4.79 Å². The Bertz CT molecular complexity index is 810. The Morgan fingerprint density at radius 1 is 0.964 bits per heavy atom. The van der Waals surface area contributed by atoms with E-state index < -0.39 is 6.03 Å². The number of carbonyl (C=O) groups excluding carboxylic acids is 2. The quantitative estimate of drug-likeness (QED) is 0.810. The number of hydrogen-bond donors (Lipinski definition) is 2. The lowest BCUT2D eigenvalue weighted by molar-refractivity contribution is 0.0650. The molecule has 0 atom stereocenters. The molecule has 2 aromatic rings. The molecular weight excluding hydrogens is 352 g/mol. The van der Waals surface area contributed by atoms with E-state index in [1.165, 1.54) is 5.56 Å². The Balaban J connectivity index is 1.45. The molecule has 1 fully saturated rings. The van der Waals surface area contributed by atoms with Crippen molar-refractivity contribution >= 4 is 18.0 Å². The van der Waals surface area contributed by atoms with Gasteiger partial charge in [-0.05, 0) is 23.3 Å². The topological polar surface area (TPSA) is 78.7 Å². The number of primary amides is 1. The third kappa shape index (κ3) is 5.69. The summed E-state index contributed by atoms with van der Waals surface area (Å²) in [5.74, 6) is 0.0499. The van der Waals surface area contributed by atoms with Gasteiger partial charge in [0, 0.05) is 44.8 Å². The molecule has 2 aromatic carbocycles. The first-order valence-corrected chi connectivity index (χ1v) is 9.47. The van der Waals surface area contributed by atoms with E-state index in [-0.39, 0.29) is 5.91 Å². The zero-order chi connectivity index (χ0) is 19.8. The van der Waals surface area contributed by atoms with Crippen LogP contribution >= 0.6 is 0 Å². The molecular formula is C22H26N4O2. The Hall–Kier alpha value is -3.12. The fourth-order valence-electron chi connectivity index (χ4n) is 3.17. The smallest absolute Gasteiger partial charge is 0.312 e. The molecule has 6 nitrogen and oxygen atoms in total. The molecule has 146 valence electrons. The van der Waals surface area contributed by atoms with E-state index in [1.807, 2.05) is 35.2 Å². The van der Waals surface area contributed by atoms with Crippen LogP contribution in [0.1, 0.15) is 21.5 Å². The second-order valence-corrected chi connectivity index (χ2v) is 6.82. The molecule has 0 spiro atoms. The third-order valence-corrected chi connectivity index (χ3v) is 4.80. The maximum absolute atomic E-state index is 12.7. The molecule has 1 heterocycles. The van der Waals surface area contributed by atoms with Crippen LogP contribution in [0.5, 0.6) is 0 Å². The first kappa shape index (κ1) is 19.6. The first-order chi connectivity index (χ1) is 13.6. The molecule has 1 aliphatic heterocycles. The number of nitrogens with zero attached hydrogens (tertiary/aromatic N) is 2. The van der Waals surface area contributed by atoms with Gasteiger partial charge in [0.15, 0.2) is 0 Å². The molecule has 6 heteroatoms. The highest BCUT2D eigenvalue weighted by molar-refractivity contribution is 5.94. The Morgan fingerprint density at radius 2 is 1.64 bits per heavy atom. The Kier molecular flexibility index (Phi) is 6.81. The SMILES string of the molecule is NC(=O)NCc1ccc(C(=O)N2CCN(C/C=C/c3ccccc3)CC2)cc1. The van der Waals surface area contributed by atoms with Crippen molar-refractivity contribution in [2.75, 3.05) is 32.7 Å². The van der Waals surface area contributed by atoms with Gasteiger partial charge in [-0.3, -0.25) is 9.69 Å². The molecule has 1 saturated heterocycles. The van der Waals surface area contributed by atoms with Gasteiger partial charge in [-0.1, -0.05) is 54.6 Å². The van der Waals surface area contributed by atoms with Crippen molar-refractivity contribution in [1.29, 1.82) is 0 Å². The summed E-state index contributed by atoms with van der Waals surface area (Å²) in [5.41, 5.74) is 7.84. The van der Waals surface area contributed by atoms with Crippen molar-refractivity contribution in [3.8, 4) is 0 Å². The number of carbonyl (C=O) groups is 2. The number of nitrogens with two attached hydrogens (primary N) is 1. The Morgan fingerprint density at radius 3 is 2.29 bits per heavy atom. The van der Waals surface area contributed by atoms with Crippen LogP contribution < -0.4 is 11.1 Å². The first-order valence-electron chi connectivity index (χ1n) is 9.47. The highest BCUT2D eigenvalue weighted by Crippen LogP contribution is 2.11. The average Bonchev–Trinajstić information content (AvgIpc) is 2.73. The minimum atomic E-state index is -0.559. The number of amides is 3. The zero-order valence-electron chi connectivity index (χ0n) is 15.9. The van der Waals surface area contributed by atoms with Crippen LogP contribution in [-0.2, 0) is 6.54 Å². The van der Waals surface area contributed by atoms with Crippen molar-refractivity contribution < 1.29 is 9.59 Å². The fraction of sp³-hybridized carbons (Fsp3) is 0.273. The van der Waals surface area contributed by atoms with Crippen LogP contribution in [0.15, 0.2) is 60.7 Å². The lowest BCUT2D eigenvalue weighted by Crippen LogP contribution is -2.48. The van der Waals surface area contributed by atoms with Gasteiger partial charge in [0.2, 0.25) is 0 Å². The predicted octanol–water partition coefficient (Wildman–Crippen LogP) is 2.33. The predicted molar refractivity (Wildman–Crippen MR) is 111 cm³/mol. The monoisotopic (exact) mass is 378 g/mol. The lowest BCUT2D eigenvalue weighted by Gasteiger charge is -2.34.